The van der Waals surface area contributed by atoms with Crippen molar-refractivity contribution >= 4 is 7.69 Å². The Morgan fingerprint density at radius 1 is 1.00 bits per heavy atom. The fourth-order valence-corrected chi connectivity index (χ4v) is 1.91. The number of hydrogen-bond donors (Lipinski definition) is 1. The van der Waals surface area contributed by atoms with Crippen LogP contribution in [0.15, 0.2) is 24.3 Å². The van der Waals surface area contributed by atoms with Crippen LogP contribution >= 0.6 is 0 Å². The van der Waals surface area contributed by atoms with Gasteiger partial charge in [-0.1, -0.05) is 51.2 Å². The molecule has 1 N–H and O–H groups in total. The molecule has 0 unspecified atom stereocenters. The van der Waals surface area contributed by atoms with Gasteiger partial charge in [-0.2, -0.15) is 0 Å². The molecule has 0 saturated heterocycles. The van der Waals surface area contributed by atoms with Gasteiger partial charge in [-0.25, -0.2) is 0 Å². The van der Waals surface area contributed by atoms with Crippen molar-refractivity contribution in [2.75, 3.05) is 0 Å². The second-order valence-electron chi connectivity index (χ2n) is 4.38. The van der Waals surface area contributed by atoms with Crippen LogP contribution in [-0.2, 0) is 6.42 Å². The van der Waals surface area contributed by atoms with Crippen molar-refractivity contribution in [2.24, 2.45) is 0 Å². The maximum absolute atomic E-state index is 8.49. The fraction of sp³-hybridized carbons (Fsp3) is 0.571. The molecule has 0 fully saturated rings. The lowest BCUT2D eigenvalue weighted by atomic mass is 10.0. The minimum Gasteiger partial charge on any atom is -0.537 e. The van der Waals surface area contributed by atoms with Crippen LogP contribution in [0.2, 0.25) is 0 Å². The summed E-state index contributed by atoms with van der Waals surface area (Å²) < 4.78 is 4.86. The topological polar surface area (TPSA) is 29.5 Å². The lowest BCUT2D eigenvalue weighted by Crippen LogP contribution is -1.99. The van der Waals surface area contributed by atoms with E-state index in [-0.39, 0.29) is 0 Å². The van der Waals surface area contributed by atoms with E-state index in [1.165, 1.54) is 44.1 Å². The van der Waals surface area contributed by atoms with Crippen LogP contribution in [0.25, 0.3) is 0 Å². The maximum atomic E-state index is 8.49. The normalized spacial score (nSPS) is 10.2. The predicted octanol–water partition coefficient (Wildman–Crippen LogP) is 3.49. The Labute approximate surface area is 105 Å². The van der Waals surface area contributed by atoms with Crippen molar-refractivity contribution in [3.8, 4) is 5.75 Å². The van der Waals surface area contributed by atoms with Crippen LogP contribution < -0.4 is 4.65 Å². The summed E-state index contributed by atoms with van der Waals surface area (Å²) in [4.78, 5) is 0. The van der Waals surface area contributed by atoms with Crippen molar-refractivity contribution in [3.63, 3.8) is 0 Å². The first kappa shape index (κ1) is 14.1. The quantitative estimate of drug-likeness (QED) is 0.522. The van der Waals surface area contributed by atoms with E-state index in [0.29, 0.717) is 13.4 Å². The van der Waals surface area contributed by atoms with Crippen LogP contribution in [0, 0.1) is 0 Å². The van der Waals surface area contributed by atoms with E-state index in [1.54, 1.807) is 0 Å². The van der Waals surface area contributed by atoms with Gasteiger partial charge in [0, 0.05) is 0 Å². The summed E-state index contributed by atoms with van der Waals surface area (Å²) in [5.74, 6) is 0.680. The molecule has 0 bridgehead atoms. The van der Waals surface area contributed by atoms with Crippen molar-refractivity contribution in [1.82, 2.24) is 0 Å². The molecule has 0 atom stereocenters. The second kappa shape index (κ2) is 9.11. The van der Waals surface area contributed by atoms with Crippen LogP contribution in [0.4, 0.5) is 0 Å². The molecule has 1 radical (unpaired) electrons. The lowest BCUT2D eigenvalue weighted by molar-refractivity contribution is 0.453. The van der Waals surface area contributed by atoms with Gasteiger partial charge in [0.05, 0.1) is 5.75 Å². The zero-order chi connectivity index (χ0) is 12.3. The van der Waals surface area contributed by atoms with Crippen LogP contribution in [0.3, 0.4) is 0 Å². The second-order valence-corrected chi connectivity index (χ2v) is 4.38. The van der Waals surface area contributed by atoms with Crippen LogP contribution in [0.5, 0.6) is 5.75 Å². The molecule has 93 valence electrons. The van der Waals surface area contributed by atoms with Gasteiger partial charge in [0.25, 0.3) is 0 Å². The molecule has 1 aromatic carbocycles. The standard InChI is InChI=1S/C14H22BO2/c1-2-3-4-5-6-7-8-13-9-11-14(12-10-13)17-15-16/h9-12,16H,2-8H2,1H3. The fourth-order valence-electron chi connectivity index (χ4n) is 1.91. The SMILES string of the molecule is CCCCCCCCc1ccc(O[B]O)cc1. The van der Waals surface area contributed by atoms with Crippen LogP contribution in [-0.4, -0.2) is 12.7 Å². The molecular weight excluding hydrogens is 211 g/mol. The summed E-state index contributed by atoms with van der Waals surface area (Å²) in [6, 6.07) is 7.90. The molecule has 0 aromatic heterocycles. The Kier molecular flexibility index (Phi) is 7.56. The van der Waals surface area contributed by atoms with E-state index in [9.17, 15) is 0 Å². The lowest BCUT2D eigenvalue weighted by Gasteiger charge is -2.04. The Hall–Kier alpha value is -0.955. The van der Waals surface area contributed by atoms with Gasteiger partial charge < -0.3 is 9.68 Å². The number of rotatable bonds is 9. The molecule has 2 nitrogen and oxygen atoms in total. The summed E-state index contributed by atoms with van der Waals surface area (Å²) in [7, 11) is 0.711. The minimum atomic E-state index is 0.680. The number of hydrogen-bond acceptors (Lipinski definition) is 2. The Bertz CT molecular complexity index is 285. The summed E-state index contributed by atoms with van der Waals surface area (Å²) >= 11 is 0. The number of unbranched alkanes of at least 4 members (excludes halogenated alkanes) is 5. The Morgan fingerprint density at radius 3 is 2.29 bits per heavy atom. The van der Waals surface area contributed by atoms with Gasteiger partial charge >= 0.3 is 7.69 Å². The highest BCUT2D eigenvalue weighted by Gasteiger charge is 1.96. The number of aryl methyl sites for hydroxylation is 1. The molecule has 3 heteroatoms. The molecule has 0 spiro atoms. The van der Waals surface area contributed by atoms with Crippen molar-refractivity contribution in [1.29, 1.82) is 0 Å². The van der Waals surface area contributed by atoms with E-state index >= 15 is 0 Å². The summed E-state index contributed by atoms with van der Waals surface area (Å²) in [5, 5.41) is 8.49. The number of benzene rings is 1. The van der Waals surface area contributed by atoms with E-state index in [0.717, 1.165) is 6.42 Å². The maximum Gasteiger partial charge on any atom is 0.569 e. The largest absolute Gasteiger partial charge is 0.569 e. The molecule has 0 aliphatic carbocycles. The zero-order valence-electron chi connectivity index (χ0n) is 10.7. The average molecular weight is 233 g/mol. The average Bonchev–Trinajstić information content (AvgIpc) is 2.36. The highest BCUT2D eigenvalue weighted by molar-refractivity contribution is 6.17. The van der Waals surface area contributed by atoms with Gasteiger partial charge in [-0.05, 0) is 30.5 Å². The highest BCUT2D eigenvalue weighted by atomic mass is 16.5. The monoisotopic (exact) mass is 233 g/mol. The third-order valence-corrected chi connectivity index (χ3v) is 2.93. The van der Waals surface area contributed by atoms with Crippen LogP contribution in [0.1, 0.15) is 51.0 Å². The molecule has 0 heterocycles. The Balaban J connectivity index is 2.14. The third-order valence-electron chi connectivity index (χ3n) is 2.93. The van der Waals surface area contributed by atoms with Gasteiger partial charge in [0.1, 0.15) is 0 Å². The van der Waals surface area contributed by atoms with E-state index in [2.05, 4.69) is 19.1 Å². The molecule has 0 aliphatic rings. The smallest absolute Gasteiger partial charge is 0.537 e. The minimum absolute atomic E-state index is 0.680. The molecule has 1 rings (SSSR count). The molecule has 1 aromatic rings. The first-order chi connectivity index (χ1) is 8.36. The summed E-state index contributed by atoms with van der Waals surface area (Å²) in [6.07, 6.45) is 9.12. The molecule has 0 amide bonds. The van der Waals surface area contributed by atoms with Crippen molar-refractivity contribution in [2.45, 2.75) is 51.9 Å². The third kappa shape index (κ3) is 6.37. The molecule has 0 aliphatic heterocycles. The van der Waals surface area contributed by atoms with E-state index < -0.39 is 0 Å². The van der Waals surface area contributed by atoms with Gasteiger partial charge in [0.2, 0.25) is 0 Å². The van der Waals surface area contributed by atoms with Gasteiger partial charge in [-0.15, -0.1) is 0 Å². The first-order valence-electron chi connectivity index (χ1n) is 6.58. The predicted molar refractivity (Wildman–Crippen MR) is 72.1 cm³/mol. The van der Waals surface area contributed by atoms with Gasteiger partial charge in [0.15, 0.2) is 0 Å². The van der Waals surface area contributed by atoms with Crippen molar-refractivity contribution in [3.05, 3.63) is 29.8 Å². The first-order valence-corrected chi connectivity index (χ1v) is 6.58. The highest BCUT2D eigenvalue weighted by Crippen LogP contribution is 2.14. The summed E-state index contributed by atoms with van der Waals surface area (Å²) in [6.45, 7) is 2.24. The van der Waals surface area contributed by atoms with Crippen molar-refractivity contribution < 1.29 is 9.68 Å². The molecular formula is C14H22BO2. The molecule has 17 heavy (non-hydrogen) atoms. The zero-order valence-corrected chi connectivity index (χ0v) is 10.7. The summed E-state index contributed by atoms with van der Waals surface area (Å²) in [5.41, 5.74) is 1.34. The molecule has 0 saturated carbocycles. The van der Waals surface area contributed by atoms with Gasteiger partial charge in [-0.3, -0.25) is 0 Å². The van der Waals surface area contributed by atoms with E-state index in [4.69, 9.17) is 9.68 Å². The Morgan fingerprint density at radius 2 is 1.65 bits per heavy atom. The van der Waals surface area contributed by atoms with E-state index in [1.807, 2.05) is 12.1 Å².